The van der Waals surface area contributed by atoms with Gasteiger partial charge in [0.1, 0.15) is 15.8 Å². The second kappa shape index (κ2) is 7.54. The zero-order valence-electron chi connectivity index (χ0n) is 12.9. The molecule has 0 spiro atoms. The molecule has 6 nitrogen and oxygen atoms in total. The standard InChI is InChI=1S/C17H13NO5S2/c19-15(20)10-23-12-5-3-11(4-6-12)8-14-16(21)18(17(24)25-14)9-13-2-1-7-22-13/h1-8H,9-10H2,(H,19,20)/b14-8-. The molecule has 1 fully saturated rings. The second-order valence-corrected chi connectivity index (χ2v) is 6.77. The van der Waals surface area contributed by atoms with Crippen molar-refractivity contribution in [2.75, 3.05) is 6.61 Å². The number of amides is 1. The smallest absolute Gasteiger partial charge is 0.341 e. The second-order valence-electron chi connectivity index (χ2n) is 5.10. The van der Waals surface area contributed by atoms with Gasteiger partial charge in [-0.05, 0) is 35.9 Å². The molecular formula is C17H13NO5S2. The number of hydrogen-bond acceptors (Lipinski definition) is 6. The topological polar surface area (TPSA) is 80.0 Å². The number of ether oxygens (including phenoxy) is 1. The molecule has 0 radical (unpaired) electrons. The Morgan fingerprint density at radius 3 is 2.72 bits per heavy atom. The fourth-order valence-corrected chi connectivity index (χ4v) is 3.41. The number of nitrogens with zero attached hydrogens (tertiary/aromatic N) is 1. The van der Waals surface area contributed by atoms with Gasteiger partial charge in [-0.3, -0.25) is 9.69 Å². The van der Waals surface area contributed by atoms with Gasteiger partial charge in [0.2, 0.25) is 0 Å². The lowest BCUT2D eigenvalue weighted by Gasteiger charge is -2.11. The molecule has 8 heteroatoms. The monoisotopic (exact) mass is 375 g/mol. The maximum atomic E-state index is 12.5. The summed E-state index contributed by atoms with van der Waals surface area (Å²) in [5.41, 5.74) is 0.793. The van der Waals surface area contributed by atoms with Crippen molar-refractivity contribution >= 4 is 46.3 Å². The quantitative estimate of drug-likeness (QED) is 0.614. The number of rotatable bonds is 6. The summed E-state index contributed by atoms with van der Waals surface area (Å²) in [6.45, 7) is -0.0955. The van der Waals surface area contributed by atoms with Gasteiger partial charge in [0.15, 0.2) is 6.61 Å². The van der Waals surface area contributed by atoms with Gasteiger partial charge in [-0.1, -0.05) is 36.1 Å². The molecule has 25 heavy (non-hydrogen) atoms. The van der Waals surface area contributed by atoms with E-state index in [0.717, 1.165) is 5.56 Å². The molecule has 0 saturated carbocycles. The molecule has 1 N–H and O–H groups in total. The highest BCUT2D eigenvalue weighted by molar-refractivity contribution is 8.26. The number of hydrogen-bond donors (Lipinski definition) is 1. The predicted octanol–water partition coefficient (Wildman–Crippen LogP) is 3.14. The molecule has 1 aromatic carbocycles. The Bertz CT molecular complexity index is 827. The first-order valence-electron chi connectivity index (χ1n) is 7.25. The molecule has 3 rings (SSSR count). The van der Waals surface area contributed by atoms with E-state index in [9.17, 15) is 9.59 Å². The van der Waals surface area contributed by atoms with Gasteiger partial charge in [-0.25, -0.2) is 4.79 Å². The van der Waals surface area contributed by atoms with Crippen molar-refractivity contribution in [1.82, 2.24) is 4.90 Å². The van der Waals surface area contributed by atoms with E-state index < -0.39 is 12.6 Å². The van der Waals surface area contributed by atoms with Crippen molar-refractivity contribution in [2.24, 2.45) is 0 Å². The summed E-state index contributed by atoms with van der Waals surface area (Å²) in [6.07, 6.45) is 3.29. The normalized spacial score (nSPS) is 15.8. The van der Waals surface area contributed by atoms with Gasteiger partial charge in [0.05, 0.1) is 17.7 Å². The summed E-state index contributed by atoms with van der Waals surface area (Å²) in [6, 6.07) is 10.3. The number of thiocarbonyl (C=S) groups is 1. The Hall–Kier alpha value is -2.58. The highest BCUT2D eigenvalue weighted by Crippen LogP contribution is 2.33. The van der Waals surface area contributed by atoms with Crippen LogP contribution in [0.4, 0.5) is 0 Å². The Balaban J connectivity index is 1.70. The summed E-state index contributed by atoms with van der Waals surface area (Å²) in [5, 5.41) is 8.59. The first-order chi connectivity index (χ1) is 12.0. The van der Waals surface area contributed by atoms with Crippen LogP contribution < -0.4 is 4.74 Å². The average molecular weight is 375 g/mol. The van der Waals surface area contributed by atoms with Crippen LogP contribution in [0.25, 0.3) is 6.08 Å². The number of thioether (sulfide) groups is 1. The number of benzene rings is 1. The lowest BCUT2D eigenvalue weighted by molar-refractivity contribution is -0.139. The van der Waals surface area contributed by atoms with Crippen LogP contribution in [-0.2, 0) is 16.1 Å². The Morgan fingerprint density at radius 1 is 1.32 bits per heavy atom. The number of furan rings is 1. The van der Waals surface area contributed by atoms with Gasteiger partial charge in [-0.2, -0.15) is 0 Å². The molecule has 1 aliphatic rings. The SMILES string of the molecule is O=C(O)COc1ccc(/C=C2\SC(=S)N(Cc3ccco3)C2=O)cc1. The maximum Gasteiger partial charge on any atom is 0.341 e. The average Bonchev–Trinajstić information content (AvgIpc) is 3.19. The Labute approximate surface area is 153 Å². The number of aliphatic carboxylic acids is 1. The van der Waals surface area contributed by atoms with Gasteiger partial charge >= 0.3 is 5.97 Å². The summed E-state index contributed by atoms with van der Waals surface area (Å²) >= 11 is 6.51. The van der Waals surface area contributed by atoms with Crippen LogP contribution in [0.3, 0.4) is 0 Å². The van der Waals surface area contributed by atoms with Crippen LogP contribution >= 0.6 is 24.0 Å². The highest BCUT2D eigenvalue weighted by Gasteiger charge is 2.32. The van der Waals surface area contributed by atoms with Crippen LogP contribution in [-0.4, -0.2) is 32.8 Å². The minimum atomic E-state index is -1.04. The molecule has 0 bridgehead atoms. The van der Waals surface area contributed by atoms with Crippen molar-refractivity contribution < 1.29 is 23.8 Å². The van der Waals surface area contributed by atoms with Crippen molar-refractivity contribution in [1.29, 1.82) is 0 Å². The van der Waals surface area contributed by atoms with Crippen LogP contribution in [0.1, 0.15) is 11.3 Å². The first kappa shape index (κ1) is 17.2. The third-order valence-electron chi connectivity index (χ3n) is 3.31. The van der Waals surface area contributed by atoms with Crippen molar-refractivity contribution in [2.45, 2.75) is 6.54 Å². The van der Waals surface area contributed by atoms with E-state index >= 15 is 0 Å². The maximum absolute atomic E-state index is 12.5. The molecular weight excluding hydrogens is 362 g/mol. The van der Waals surface area contributed by atoms with Crippen LogP contribution in [0, 0.1) is 0 Å². The number of carbonyl (C=O) groups excluding carboxylic acids is 1. The van der Waals surface area contributed by atoms with E-state index in [1.807, 2.05) is 0 Å². The minimum Gasteiger partial charge on any atom is -0.482 e. The molecule has 1 aromatic heterocycles. The zero-order chi connectivity index (χ0) is 17.8. The first-order valence-corrected chi connectivity index (χ1v) is 8.48. The largest absolute Gasteiger partial charge is 0.482 e. The predicted molar refractivity (Wildman–Crippen MR) is 97.0 cm³/mol. The van der Waals surface area contributed by atoms with Crippen molar-refractivity contribution in [3.63, 3.8) is 0 Å². The fraction of sp³-hybridized carbons (Fsp3) is 0.118. The van der Waals surface area contributed by atoms with Crippen LogP contribution in [0.5, 0.6) is 5.75 Å². The molecule has 128 valence electrons. The number of carboxylic acids is 1. The lowest BCUT2D eigenvalue weighted by Crippen LogP contribution is -2.27. The highest BCUT2D eigenvalue weighted by atomic mass is 32.2. The van der Waals surface area contributed by atoms with E-state index in [1.54, 1.807) is 48.7 Å². The molecule has 1 saturated heterocycles. The van der Waals surface area contributed by atoms with E-state index in [-0.39, 0.29) is 5.91 Å². The molecule has 1 amide bonds. The molecule has 0 atom stereocenters. The molecule has 0 aliphatic carbocycles. The number of carboxylic acid groups (broad SMARTS) is 1. The summed E-state index contributed by atoms with van der Waals surface area (Å²) in [5.74, 6) is -0.0932. The zero-order valence-corrected chi connectivity index (χ0v) is 14.5. The number of carbonyl (C=O) groups is 2. The van der Waals surface area contributed by atoms with Gasteiger partial charge in [0.25, 0.3) is 5.91 Å². The Kier molecular flexibility index (Phi) is 5.20. The van der Waals surface area contributed by atoms with Crippen LogP contribution in [0.15, 0.2) is 52.0 Å². The third-order valence-corrected chi connectivity index (χ3v) is 4.69. The summed E-state index contributed by atoms with van der Waals surface area (Å²) in [4.78, 5) is 25.0. The fourth-order valence-electron chi connectivity index (χ4n) is 2.15. The third kappa shape index (κ3) is 4.28. The Morgan fingerprint density at radius 2 is 2.08 bits per heavy atom. The molecule has 2 aromatic rings. The van der Waals surface area contributed by atoms with Crippen LogP contribution in [0.2, 0.25) is 0 Å². The molecule has 1 aliphatic heterocycles. The summed E-state index contributed by atoms with van der Waals surface area (Å²) < 4.78 is 10.8. The van der Waals surface area contributed by atoms with Crippen molar-refractivity contribution in [3.8, 4) is 5.75 Å². The van der Waals surface area contributed by atoms with Gasteiger partial charge < -0.3 is 14.3 Å². The van der Waals surface area contributed by atoms with Crippen molar-refractivity contribution in [3.05, 3.63) is 58.9 Å². The van der Waals surface area contributed by atoms with E-state index in [1.165, 1.54) is 16.7 Å². The van der Waals surface area contributed by atoms with Gasteiger partial charge in [0, 0.05) is 0 Å². The van der Waals surface area contributed by atoms with E-state index in [0.29, 0.717) is 27.3 Å². The van der Waals surface area contributed by atoms with E-state index in [2.05, 4.69) is 0 Å². The minimum absolute atomic E-state index is 0.169. The van der Waals surface area contributed by atoms with E-state index in [4.69, 9.17) is 26.5 Å². The van der Waals surface area contributed by atoms with Gasteiger partial charge in [-0.15, -0.1) is 0 Å². The lowest BCUT2D eigenvalue weighted by atomic mass is 10.2. The molecule has 2 heterocycles. The summed E-state index contributed by atoms with van der Waals surface area (Å²) in [7, 11) is 0. The molecule has 0 unspecified atom stereocenters.